The molecule has 4 nitrogen and oxygen atoms in total. The third-order valence-corrected chi connectivity index (χ3v) is 1.87. The molecule has 0 aromatic heterocycles. The van der Waals surface area contributed by atoms with Gasteiger partial charge in [-0.3, -0.25) is 4.79 Å². The van der Waals surface area contributed by atoms with Crippen LogP contribution in [0, 0.1) is 28.1 Å². The number of rotatable bonds is 1. The van der Waals surface area contributed by atoms with Crippen molar-refractivity contribution in [3.63, 3.8) is 0 Å². The first-order chi connectivity index (χ1) is 6.14. The molecule has 0 bridgehead atoms. The van der Waals surface area contributed by atoms with E-state index < -0.39 is 11.4 Å². The van der Waals surface area contributed by atoms with Crippen molar-refractivity contribution in [3.05, 3.63) is 23.8 Å². The van der Waals surface area contributed by atoms with Crippen LogP contribution in [0.15, 0.2) is 23.8 Å². The first-order valence-electron chi connectivity index (χ1n) is 3.58. The molecule has 0 saturated heterocycles. The Morgan fingerprint density at radius 3 is 2.77 bits per heavy atom. The van der Waals surface area contributed by atoms with E-state index in [-0.39, 0.29) is 6.42 Å². The summed E-state index contributed by atoms with van der Waals surface area (Å²) in [6.45, 7) is 0. The molecule has 1 aliphatic rings. The Labute approximate surface area is 75.0 Å². The van der Waals surface area contributed by atoms with Crippen LogP contribution >= 0.6 is 0 Å². The van der Waals surface area contributed by atoms with Gasteiger partial charge in [-0.1, -0.05) is 12.2 Å². The summed E-state index contributed by atoms with van der Waals surface area (Å²) < 4.78 is 0. The molecule has 0 saturated carbocycles. The number of carboxylic acids is 1. The summed E-state index contributed by atoms with van der Waals surface area (Å²) in [6, 6.07) is 3.55. The van der Waals surface area contributed by atoms with Crippen LogP contribution in [0.3, 0.4) is 0 Å². The summed E-state index contributed by atoms with van der Waals surface area (Å²) in [5.41, 5.74) is -1.24. The van der Waals surface area contributed by atoms with Crippen molar-refractivity contribution in [1.82, 2.24) is 0 Å². The number of nitrogens with zero attached hydrogens (tertiary/aromatic N) is 2. The van der Waals surface area contributed by atoms with Gasteiger partial charge in [-0.15, -0.1) is 0 Å². The smallest absolute Gasteiger partial charge is 0.328 e. The van der Waals surface area contributed by atoms with E-state index in [9.17, 15) is 4.79 Å². The Balaban J connectivity index is 3.07. The average molecular weight is 174 g/mol. The first kappa shape index (κ1) is 9.02. The maximum Gasteiger partial charge on any atom is 0.328 e. The van der Waals surface area contributed by atoms with Crippen LogP contribution in [-0.2, 0) is 4.79 Å². The molecule has 0 aromatic rings. The number of aliphatic carboxylic acids is 1. The van der Waals surface area contributed by atoms with Crippen LogP contribution < -0.4 is 0 Å². The molecule has 0 aromatic carbocycles. The van der Waals surface area contributed by atoms with Crippen molar-refractivity contribution >= 4 is 5.97 Å². The van der Waals surface area contributed by atoms with Gasteiger partial charge in [0.15, 0.2) is 5.41 Å². The van der Waals surface area contributed by atoms with Gasteiger partial charge in [-0.05, 0) is 6.08 Å². The second-order valence-corrected chi connectivity index (χ2v) is 2.73. The molecule has 0 heterocycles. The van der Waals surface area contributed by atoms with Crippen molar-refractivity contribution in [2.45, 2.75) is 6.42 Å². The largest absolute Gasteiger partial charge is 0.480 e. The Bertz CT molecular complexity index is 381. The topological polar surface area (TPSA) is 84.9 Å². The van der Waals surface area contributed by atoms with E-state index in [1.54, 1.807) is 6.07 Å². The van der Waals surface area contributed by atoms with Crippen LogP contribution in [0.2, 0.25) is 0 Å². The van der Waals surface area contributed by atoms with E-state index in [1.807, 2.05) is 6.07 Å². The fourth-order valence-corrected chi connectivity index (χ4v) is 1.10. The van der Waals surface area contributed by atoms with Gasteiger partial charge in [0.05, 0.1) is 12.1 Å². The highest BCUT2D eigenvalue weighted by Crippen LogP contribution is 2.30. The highest BCUT2D eigenvalue weighted by atomic mass is 16.4. The van der Waals surface area contributed by atoms with Crippen molar-refractivity contribution in [2.75, 3.05) is 0 Å². The number of nitriles is 2. The van der Waals surface area contributed by atoms with E-state index in [4.69, 9.17) is 15.6 Å². The zero-order chi connectivity index (χ0) is 9.90. The highest BCUT2D eigenvalue weighted by Gasteiger charge is 2.38. The Kier molecular flexibility index (Phi) is 2.17. The van der Waals surface area contributed by atoms with Gasteiger partial charge >= 0.3 is 5.97 Å². The zero-order valence-electron chi connectivity index (χ0n) is 6.69. The molecular weight excluding hydrogens is 168 g/mol. The van der Waals surface area contributed by atoms with Crippen LogP contribution in [0.4, 0.5) is 0 Å². The summed E-state index contributed by atoms with van der Waals surface area (Å²) in [7, 11) is 0. The molecule has 0 radical (unpaired) electrons. The monoisotopic (exact) mass is 174 g/mol. The van der Waals surface area contributed by atoms with Crippen LogP contribution in [0.25, 0.3) is 0 Å². The fourth-order valence-electron chi connectivity index (χ4n) is 1.10. The quantitative estimate of drug-likeness (QED) is 0.642. The van der Waals surface area contributed by atoms with Gasteiger partial charge in [-0.25, -0.2) is 0 Å². The molecule has 1 atom stereocenters. The molecule has 4 heteroatoms. The zero-order valence-corrected chi connectivity index (χ0v) is 6.69. The lowest BCUT2D eigenvalue weighted by Crippen LogP contribution is -2.28. The van der Waals surface area contributed by atoms with Gasteiger partial charge in [-0.2, -0.15) is 10.5 Å². The first-order valence-corrected chi connectivity index (χ1v) is 3.58. The lowest BCUT2D eigenvalue weighted by molar-refractivity contribution is -0.143. The summed E-state index contributed by atoms with van der Waals surface area (Å²) in [5, 5.41) is 26.0. The van der Waals surface area contributed by atoms with Crippen molar-refractivity contribution in [2.24, 2.45) is 5.41 Å². The average Bonchev–Trinajstić information content (AvgIpc) is 2.17. The van der Waals surface area contributed by atoms with Crippen LogP contribution in [-0.4, -0.2) is 11.1 Å². The summed E-state index contributed by atoms with van der Waals surface area (Å²) in [5.74, 6) is -1.22. The second-order valence-electron chi connectivity index (χ2n) is 2.73. The van der Waals surface area contributed by atoms with Crippen molar-refractivity contribution in [3.8, 4) is 12.1 Å². The van der Waals surface area contributed by atoms with E-state index in [0.717, 1.165) is 0 Å². The lowest BCUT2D eigenvalue weighted by Gasteiger charge is -2.18. The van der Waals surface area contributed by atoms with Crippen molar-refractivity contribution in [1.29, 1.82) is 10.5 Å². The molecule has 1 rings (SSSR count). The minimum Gasteiger partial charge on any atom is -0.480 e. The Hall–Kier alpha value is -2.07. The van der Waals surface area contributed by atoms with E-state index in [0.29, 0.717) is 5.57 Å². The maximum atomic E-state index is 10.8. The predicted molar refractivity (Wildman–Crippen MR) is 43.1 cm³/mol. The molecule has 0 fully saturated rings. The van der Waals surface area contributed by atoms with E-state index >= 15 is 0 Å². The number of hydrogen-bond donors (Lipinski definition) is 1. The van der Waals surface area contributed by atoms with Gasteiger partial charge in [0.2, 0.25) is 0 Å². The SMILES string of the molecule is N#CC1=CC=CC(C#N)(C(=O)O)C1. The van der Waals surface area contributed by atoms with E-state index in [2.05, 4.69) is 0 Å². The van der Waals surface area contributed by atoms with Gasteiger partial charge in [0, 0.05) is 12.0 Å². The third kappa shape index (κ3) is 1.43. The molecular formula is C9H6N2O2. The molecule has 1 unspecified atom stereocenters. The lowest BCUT2D eigenvalue weighted by atomic mass is 9.80. The second kappa shape index (κ2) is 3.12. The molecule has 0 aliphatic heterocycles. The molecule has 13 heavy (non-hydrogen) atoms. The Morgan fingerprint density at radius 1 is 1.62 bits per heavy atom. The standard InChI is InChI=1S/C9H6N2O2/c10-5-7-2-1-3-9(4-7,6-11)8(12)13/h1-3H,4H2,(H,12,13). The minimum atomic E-state index is -1.56. The fraction of sp³-hybridized carbons (Fsp3) is 0.222. The molecule has 64 valence electrons. The summed E-state index contributed by atoms with van der Waals surface area (Å²) in [6.07, 6.45) is 4.19. The number of carbonyl (C=O) groups is 1. The molecule has 1 N–H and O–H groups in total. The van der Waals surface area contributed by atoms with Gasteiger partial charge in [0.1, 0.15) is 0 Å². The van der Waals surface area contributed by atoms with Crippen molar-refractivity contribution < 1.29 is 9.90 Å². The Morgan fingerprint density at radius 2 is 2.31 bits per heavy atom. The minimum absolute atomic E-state index is 0.0498. The van der Waals surface area contributed by atoms with Crippen LogP contribution in [0.1, 0.15) is 6.42 Å². The summed E-state index contributed by atoms with van der Waals surface area (Å²) >= 11 is 0. The van der Waals surface area contributed by atoms with Gasteiger partial charge < -0.3 is 5.11 Å². The third-order valence-electron chi connectivity index (χ3n) is 1.87. The molecule has 1 aliphatic carbocycles. The van der Waals surface area contributed by atoms with Gasteiger partial charge in [0.25, 0.3) is 0 Å². The number of allylic oxidation sites excluding steroid dienone is 3. The number of carboxylic acid groups (broad SMARTS) is 1. The molecule has 0 amide bonds. The maximum absolute atomic E-state index is 10.8. The molecule has 0 spiro atoms. The van der Waals surface area contributed by atoms with Crippen LogP contribution in [0.5, 0.6) is 0 Å². The predicted octanol–water partition coefficient (Wildman–Crippen LogP) is 0.991. The normalized spacial score (nSPS) is 25.5. The number of hydrogen-bond acceptors (Lipinski definition) is 3. The summed E-state index contributed by atoms with van der Waals surface area (Å²) in [4.78, 5) is 10.8. The highest BCUT2D eigenvalue weighted by molar-refractivity contribution is 5.81. The van der Waals surface area contributed by atoms with E-state index in [1.165, 1.54) is 18.2 Å².